The summed E-state index contributed by atoms with van der Waals surface area (Å²) in [5.41, 5.74) is -0.800. The van der Waals surface area contributed by atoms with E-state index in [1.54, 1.807) is 19.1 Å². The van der Waals surface area contributed by atoms with Crippen LogP contribution in [0.15, 0.2) is 27.9 Å². The number of carboxylic acids is 1. The number of carboxylic acid groups (broad SMARTS) is 1. The van der Waals surface area contributed by atoms with Crippen LogP contribution >= 0.6 is 7.75 Å². The van der Waals surface area contributed by atoms with Crippen LogP contribution in [-0.4, -0.2) is 44.8 Å². The molecule has 0 aromatic carbocycles. The Kier molecular flexibility index (Phi) is 6.09. The monoisotopic (exact) mass is 375 g/mol. The van der Waals surface area contributed by atoms with Crippen molar-refractivity contribution in [3.05, 3.63) is 44.8 Å². The van der Waals surface area contributed by atoms with E-state index in [0.717, 1.165) is 0 Å². The van der Waals surface area contributed by atoms with Crippen molar-refractivity contribution in [2.45, 2.75) is 25.7 Å². The smallest absolute Gasteiger partial charge is 0.403 e. The molecule has 0 amide bonds. The second kappa shape index (κ2) is 7.89. The Bertz CT molecular complexity index is 829. The fourth-order valence-corrected chi connectivity index (χ4v) is 2.88. The van der Waals surface area contributed by atoms with Gasteiger partial charge < -0.3 is 14.7 Å². The molecule has 1 aromatic heterocycles. The molecule has 11 nitrogen and oxygen atoms in total. The zero-order valence-corrected chi connectivity index (χ0v) is 14.1. The molecule has 138 valence electrons. The lowest BCUT2D eigenvalue weighted by Gasteiger charge is -2.18. The first-order valence-corrected chi connectivity index (χ1v) is 8.86. The van der Waals surface area contributed by atoms with Crippen molar-refractivity contribution in [3.63, 3.8) is 0 Å². The number of nitrogens with one attached hydrogen (secondary N) is 2. The van der Waals surface area contributed by atoms with Crippen molar-refractivity contribution in [1.82, 2.24) is 14.6 Å². The van der Waals surface area contributed by atoms with Crippen LogP contribution in [0.1, 0.15) is 18.2 Å². The van der Waals surface area contributed by atoms with Crippen LogP contribution in [0, 0.1) is 6.92 Å². The van der Waals surface area contributed by atoms with E-state index < -0.39 is 37.3 Å². The largest absolute Gasteiger partial charge is 0.481 e. The van der Waals surface area contributed by atoms with Gasteiger partial charge in [-0.15, -0.1) is 0 Å². The lowest BCUT2D eigenvalue weighted by Crippen LogP contribution is -2.33. The minimum absolute atomic E-state index is 0.223. The van der Waals surface area contributed by atoms with Gasteiger partial charge in [0.1, 0.15) is 6.10 Å². The number of aliphatic carboxylic acids is 1. The van der Waals surface area contributed by atoms with Crippen LogP contribution < -0.4 is 16.3 Å². The van der Waals surface area contributed by atoms with E-state index in [2.05, 4.69) is 10.1 Å². The van der Waals surface area contributed by atoms with Gasteiger partial charge in [-0.25, -0.2) is 14.4 Å². The van der Waals surface area contributed by atoms with E-state index in [9.17, 15) is 23.8 Å². The number of hydrogen-bond acceptors (Lipinski definition) is 6. The number of nitrogens with zero attached hydrogens (tertiary/aromatic N) is 1. The van der Waals surface area contributed by atoms with Crippen LogP contribution in [-0.2, 0) is 18.6 Å². The number of hydrogen-bond donors (Lipinski definition) is 4. The van der Waals surface area contributed by atoms with Crippen LogP contribution in [0.5, 0.6) is 0 Å². The number of ether oxygens (including phenoxy) is 1. The van der Waals surface area contributed by atoms with Crippen molar-refractivity contribution in [2.75, 3.05) is 13.2 Å². The van der Waals surface area contributed by atoms with Gasteiger partial charge in [-0.2, -0.15) is 0 Å². The Morgan fingerprint density at radius 2 is 2.20 bits per heavy atom. The second-order valence-corrected chi connectivity index (χ2v) is 6.91. The Morgan fingerprint density at radius 1 is 1.48 bits per heavy atom. The third-order valence-electron chi connectivity index (χ3n) is 3.29. The zero-order chi connectivity index (χ0) is 18.6. The predicted octanol–water partition coefficient (Wildman–Crippen LogP) is -0.520. The number of aromatic nitrogens is 2. The molecule has 0 aliphatic carbocycles. The van der Waals surface area contributed by atoms with Crippen molar-refractivity contribution >= 4 is 13.7 Å². The molecule has 0 spiro atoms. The average molecular weight is 375 g/mol. The molecule has 1 aliphatic heterocycles. The molecule has 0 fully saturated rings. The quantitative estimate of drug-likeness (QED) is 0.346. The van der Waals surface area contributed by atoms with E-state index in [1.807, 2.05) is 0 Å². The maximum Gasteiger partial charge on any atom is 0.403 e. The van der Waals surface area contributed by atoms with Gasteiger partial charge in [0.15, 0.2) is 6.23 Å². The van der Waals surface area contributed by atoms with Crippen LogP contribution in [0.4, 0.5) is 0 Å². The zero-order valence-electron chi connectivity index (χ0n) is 13.2. The van der Waals surface area contributed by atoms with Crippen molar-refractivity contribution in [3.8, 4) is 0 Å². The number of carbonyl (C=O) groups is 1. The molecule has 4 N–H and O–H groups in total. The summed E-state index contributed by atoms with van der Waals surface area (Å²) in [5.74, 6) is -1.11. The fraction of sp³-hybridized carbons (Fsp3) is 0.462. The topological polar surface area (TPSA) is 160 Å². The lowest BCUT2D eigenvalue weighted by atomic mass is 10.3. The maximum atomic E-state index is 11.8. The van der Waals surface area contributed by atoms with E-state index in [4.69, 9.17) is 14.4 Å². The minimum atomic E-state index is -4.16. The number of H-pyrrole nitrogens is 1. The molecule has 0 bridgehead atoms. The molecular weight excluding hydrogens is 357 g/mol. The SMILES string of the molecule is Cc1cn([C@H]2C=C[C@@H](COP(=O)(O)NCCC(=O)O)O2)c(=O)[nH]c1=O. The summed E-state index contributed by atoms with van der Waals surface area (Å²) in [6.45, 7) is 1.04. The van der Waals surface area contributed by atoms with Gasteiger partial charge in [-0.05, 0) is 13.0 Å². The molecule has 0 saturated heterocycles. The highest BCUT2D eigenvalue weighted by molar-refractivity contribution is 7.50. The predicted molar refractivity (Wildman–Crippen MR) is 85.1 cm³/mol. The van der Waals surface area contributed by atoms with E-state index in [-0.39, 0.29) is 19.6 Å². The first-order valence-electron chi connectivity index (χ1n) is 7.28. The molecule has 1 aromatic rings. The van der Waals surface area contributed by atoms with Gasteiger partial charge in [0.05, 0.1) is 13.0 Å². The van der Waals surface area contributed by atoms with E-state index in [0.29, 0.717) is 5.56 Å². The second-order valence-electron chi connectivity index (χ2n) is 5.30. The minimum Gasteiger partial charge on any atom is -0.481 e. The molecule has 1 aliphatic rings. The summed E-state index contributed by atoms with van der Waals surface area (Å²) >= 11 is 0. The van der Waals surface area contributed by atoms with E-state index in [1.165, 1.54) is 10.8 Å². The highest BCUT2D eigenvalue weighted by Gasteiger charge is 2.26. The normalized spacial score (nSPS) is 22.0. The Hall–Kier alpha value is -2.04. The van der Waals surface area contributed by atoms with Gasteiger partial charge in [-0.1, -0.05) is 6.08 Å². The Labute approximate surface area is 141 Å². The summed E-state index contributed by atoms with van der Waals surface area (Å²) in [5, 5.41) is 10.6. The summed E-state index contributed by atoms with van der Waals surface area (Å²) in [7, 11) is -4.16. The van der Waals surface area contributed by atoms with Crippen LogP contribution in [0.3, 0.4) is 0 Å². The standard InChI is InChI=1S/C13H18N3O8P/c1-8-6-16(13(20)15-12(8)19)10-3-2-9(24-10)7-23-25(21,22)14-5-4-11(17)18/h2-3,6,9-10H,4-5,7H2,1H3,(H,17,18)(H2,14,21,22)(H,15,19,20)/t9-,10+/m0/s1. The van der Waals surface area contributed by atoms with Gasteiger partial charge in [-0.3, -0.25) is 23.7 Å². The molecule has 12 heteroatoms. The molecule has 1 unspecified atom stereocenters. The molecule has 2 heterocycles. The summed E-state index contributed by atoms with van der Waals surface area (Å²) in [4.78, 5) is 45.2. The fourth-order valence-electron chi connectivity index (χ4n) is 2.04. The highest BCUT2D eigenvalue weighted by Crippen LogP contribution is 2.37. The third-order valence-corrected chi connectivity index (χ3v) is 4.41. The number of aryl methyl sites for hydroxylation is 1. The molecular formula is C13H18N3O8P. The van der Waals surface area contributed by atoms with Gasteiger partial charge in [0, 0.05) is 18.3 Å². The third kappa shape index (κ3) is 5.48. The van der Waals surface area contributed by atoms with Crippen molar-refractivity contribution in [1.29, 1.82) is 0 Å². The Balaban J connectivity index is 1.89. The summed E-state index contributed by atoms with van der Waals surface area (Å²) in [6.07, 6.45) is 2.65. The molecule has 2 rings (SSSR count). The van der Waals surface area contributed by atoms with Gasteiger partial charge >= 0.3 is 19.4 Å². The van der Waals surface area contributed by atoms with E-state index >= 15 is 0 Å². The first-order chi connectivity index (χ1) is 11.7. The molecule has 0 saturated carbocycles. The van der Waals surface area contributed by atoms with Crippen LogP contribution in [0.25, 0.3) is 0 Å². The van der Waals surface area contributed by atoms with Crippen molar-refractivity contribution < 1.29 is 28.6 Å². The first kappa shape index (κ1) is 19.3. The summed E-state index contributed by atoms with van der Waals surface area (Å²) < 4.78 is 23.2. The molecule has 25 heavy (non-hydrogen) atoms. The number of rotatable bonds is 8. The maximum absolute atomic E-state index is 11.8. The highest BCUT2D eigenvalue weighted by atomic mass is 31.2. The molecule has 0 radical (unpaired) electrons. The van der Waals surface area contributed by atoms with Crippen molar-refractivity contribution in [2.24, 2.45) is 0 Å². The summed E-state index contributed by atoms with van der Waals surface area (Å²) in [6, 6.07) is 0. The van der Waals surface area contributed by atoms with Gasteiger partial charge in [0.25, 0.3) is 5.56 Å². The average Bonchev–Trinajstić information content (AvgIpc) is 2.97. The number of aromatic amines is 1. The Morgan fingerprint density at radius 3 is 2.88 bits per heavy atom. The van der Waals surface area contributed by atoms with Gasteiger partial charge in [0.2, 0.25) is 0 Å². The van der Waals surface area contributed by atoms with Crippen LogP contribution in [0.2, 0.25) is 0 Å². The lowest BCUT2D eigenvalue weighted by molar-refractivity contribution is -0.136. The molecule has 3 atom stereocenters.